The van der Waals surface area contributed by atoms with Crippen molar-refractivity contribution in [3.05, 3.63) is 35.9 Å². The summed E-state index contributed by atoms with van der Waals surface area (Å²) in [4.78, 5) is 16.2. The van der Waals surface area contributed by atoms with Crippen molar-refractivity contribution >= 4 is 35.8 Å². The summed E-state index contributed by atoms with van der Waals surface area (Å²) < 4.78 is 0. The number of amides is 1. The number of hydrogen-bond acceptors (Lipinski definition) is 2. The molecule has 5 nitrogen and oxygen atoms in total. The third kappa shape index (κ3) is 8.52. The fourth-order valence-electron chi connectivity index (χ4n) is 2.15. The van der Waals surface area contributed by atoms with Gasteiger partial charge in [0.1, 0.15) is 0 Å². The van der Waals surface area contributed by atoms with Gasteiger partial charge in [-0.05, 0) is 39.2 Å². The predicted molar refractivity (Wildman–Crippen MR) is 112 cm³/mol. The minimum absolute atomic E-state index is 0. The molecule has 0 aliphatic carbocycles. The molecular weight excluding hydrogens is 415 g/mol. The number of halogens is 1. The van der Waals surface area contributed by atoms with Gasteiger partial charge in [0.15, 0.2) is 5.96 Å². The molecule has 0 aliphatic heterocycles. The third-order valence-corrected chi connectivity index (χ3v) is 3.65. The van der Waals surface area contributed by atoms with E-state index >= 15 is 0 Å². The van der Waals surface area contributed by atoms with Crippen LogP contribution >= 0.6 is 24.0 Å². The minimum atomic E-state index is -0.475. The number of guanidine groups is 1. The number of benzene rings is 1. The molecule has 24 heavy (non-hydrogen) atoms. The summed E-state index contributed by atoms with van der Waals surface area (Å²) in [5.41, 5.74) is 0.868. The fourth-order valence-corrected chi connectivity index (χ4v) is 2.15. The molecule has 1 aromatic rings. The smallest absolute Gasteiger partial charge is 0.227 e. The first-order valence-electron chi connectivity index (χ1n) is 8.26. The van der Waals surface area contributed by atoms with Crippen LogP contribution in [-0.2, 0) is 11.2 Å². The molecule has 0 unspecified atom stereocenters. The van der Waals surface area contributed by atoms with E-state index in [4.69, 9.17) is 0 Å². The van der Waals surface area contributed by atoms with E-state index in [0.717, 1.165) is 25.3 Å². The van der Waals surface area contributed by atoms with Crippen molar-refractivity contribution in [2.24, 2.45) is 10.4 Å². The Morgan fingerprint density at radius 3 is 2.38 bits per heavy atom. The molecule has 0 fully saturated rings. The average molecular weight is 446 g/mol. The van der Waals surface area contributed by atoms with Gasteiger partial charge in [-0.25, -0.2) is 0 Å². The van der Waals surface area contributed by atoms with Gasteiger partial charge in [-0.2, -0.15) is 0 Å². The Bertz CT molecular complexity index is 503. The Labute approximate surface area is 163 Å². The van der Waals surface area contributed by atoms with Crippen LogP contribution in [0.5, 0.6) is 0 Å². The molecule has 6 heteroatoms. The summed E-state index contributed by atoms with van der Waals surface area (Å²) >= 11 is 0. The van der Waals surface area contributed by atoms with Crippen LogP contribution in [0.3, 0.4) is 0 Å². The van der Waals surface area contributed by atoms with Crippen LogP contribution in [0.1, 0.15) is 32.8 Å². The molecule has 0 aromatic heterocycles. The highest BCUT2D eigenvalue weighted by atomic mass is 127. The molecule has 0 saturated carbocycles. The standard InChI is InChI=1S/C18H30N4O.HI/c1-5-20-16(23)18(2,3)14-22-17(19-4)21-13-9-12-15-10-7-6-8-11-15;/h6-8,10-11H,5,9,12-14H2,1-4H3,(H,20,23)(H2,19,21,22);1H. The molecule has 136 valence electrons. The van der Waals surface area contributed by atoms with Crippen LogP contribution in [0.15, 0.2) is 35.3 Å². The number of nitrogens with one attached hydrogen (secondary N) is 3. The topological polar surface area (TPSA) is 65.5 Å². The molecule has 3 N–H and O–H groups in total. The quantitative estimate of drug-likeness (QED) is 0.249. The van der Waals surface area contributed by atoms with Crippen molar-refractivity contribution in [2.45, 2.75) is 33.6 Å². The van der Waals surface area contributed by atoms with Crippen molar-refractivity contribution in [1.82, 2.24) is 16.0 Å². The maximum Gasteiger partial charge on any atom is 0.227 e. The Balaban J connectivity index is 0.00000529. The van der Waals surface area contributed by atoms with E-state index in [0.29, 0.717) is 13.1 Å². The molecule has 1 amide bonds. The Hall–Kier alpha value is -1.31. The Kier molecular flexibility index (Phi) is 11.4. The Morgan fingerprint density at radius 2 is 1.79 bits per heavy atom. The summed E-state index contributed by atoms with van der Waals surface area (Å²) in [5.74, 6) is 0.780. The van der Waals surface area contributed by atoms with Crippen LogP contribution in [-0.4, -0.2) is 38.5 Å². The number of nitrogens with zero attached hydrogens (tertiary/aromatic N) is 1. The van der Waals surface area contributed by atoms with Gasteiger partial charge in [0.05, 0.1) is 5.41 Å². The van der Waals surface area contributed by atoms with Crippen molar-refractivity contribution in [3.63, 3.8) is 0 Å². The fraction of sp³-hybridized carbons (Fsp3) is 0.556. The van der Waals surface area contributed by atoms with E-state index in [-0.39, 0.29) is 29.9 Å². The highest BCUT2D eigenvalue weighted by molar-refractivity contribution is 14.0. The molecule has 1 aromatic carbocycles. The lowest BCUT2D eigenvalue weighted by atomic mass is 9.92. The average Bonchev–Trinajstić information content (AvgIpc) is 2.55. The van der Waals surface area contributed by atoms with Gasteiger partial charge in [0.25, 0.3) is 0 Å². The lowest BCUT2D eigenvalue weighted by molar-refractivity contribution is -0.128. The maximum absolute atomic E-state index is 12.0. The second kappa shape index (κ2) is 12.1. The number of rotatable bonds is 8. The van der Waals surface area contributed by atoms with Gasteiger partial charge in [0.2, 0.25) is 5.91 Å². The van der Waals surface area contributed by atoms with Crippen LogP contribution in [0, 0.1) is 5.41 Å². The first-order chi connectivity index (χ1) is 11.0. The normalized spacial score (nSPS) is 11.4. The van der Waals surface area contributed by atoms with Crippen LogP contribution in [0.4, 0.5) is 0 Å². The van der Waals surface area contributed by atoms with Crippen LogP contribution in [0.2, 0.25) is 0 Å². The lowest BCUT2D eigenvalue weighted by Gasteiger charge is -2.24. The van der Waals surface area contributed by atoms with Gasteiger partial charge in [-0.1, -0.05) is 30.3 Å². The van der Waals surface area contributed by atoms with Crippen molar-refractivity contribution in [3.8, 4) is 0 Å². The van der Waals surface area contributed by atoms with Crippen molar-refractivity contribution in [1.29, 1.82) is 0 Å². The summed E-state index contributed by atoms with van der Waals surface area (Å²) in [6.45, 7) is 7.80. The summed E-state index contributed by atoms with van der Waals surface area (Å²) in [5, 5.41) is 9.37. The first kappa shape index (κ1) is 22.7. The van der Waals surface area contributed by atoms with Gasteiger partial charge < -0.3 is 16.0 Å². The van der Waals surface area contributed by atoms with E-state index < -0.39 is 5.41 Å². The minimum Gasteiger partial charge on any atom is -0.356 e. The zero-order valence-electron chi connectivity index (χ0n) is 15.2. The number of aryl methyl sites for hydroxylation is 1. The van der Waals surface area contributed by atoms with E-state index in [9.17, 15) is 4.79 Å². The zero-order valence-corrected chi connectivity index (χ0v) is 17.5. The molecule has 0 bridgehead atoms. The number of hydrogen-bond donors (Lipinski definition) is 3. The molecule has 0 saturated heterocycles. The van der Waals surface area contributed by atoms with Crippen molar-refractivity contribution < 1.29 is 4.79 Å². The first-order valence-corrected chi connectivity index (χ1v) is 8.26. The van der Waals surface area contributed by atoms with E-state index in [2.05, 4.69) is 45.2 Å². The van der Waals surface area contributed by atoms with E-state index in [1.165, 1.54) is 5.56 Å². The summed E-state index contributed by atoms with van der Waals surface area (Å²) in [6.07, 6.45) is 2.07. The van der Waals surface area contributed by atoms with Crippen molar-refractivity contribution in [2.75, 3.05) is 26.7 Å². The zero-order chi connectivity index (χ0) is 17.1. The highest BCUT2D eigenvalue weighted by Crippen LogP contribution is 2.13. The second-order valence-electron chi connectivity index (χ2n) is 6.19. The van der Waals surface area contributed by atoms with Crippen LogP contribution < -0.4 is 16.0 Å². The molecule has 1 rings (SSSR count). The van der Waals surface area contributed by atoms with E-state index in [1.54, 1.807) is 7.05 Å². The molecule has 0 radical (unpaired) electrons. The third-order valence-electron chi connectivity index (χ3n) is 3.65. The number of aliphatic imine (C=N–C) groups is 1. The highest BCUT2D eigenvalue weighted by Gasteiger charge is 2.27. The SMILES string of the molecule is CCNC(=O)C(C)(C)CNC(=NC)NCCCc1ccccc1.I. The van der Waals surface area contributed by atoms with Crippen LogP contribution in [0.25, 0.3) is 0 Å². The lowest BCUT2D eigenvalue weighted by Crippen LogP contribution is -2.48. The maximum atomic E-state index is 12.0. The molecular formula is C18H31IN4O. The monoisotopic (exact) mass is 446 g/mol. The number of carbonyl (C=O) groups excluding carboxylic acids is 1. The molecule has 0 aliphatic rings. The van der Waals surface area contributed by atoms with Gasteiger partial charge in [-0.3, -0.25) is 9.79 Å². The Morgan fingerprint density at radius 1 is 1.12 bits per heavy atom. The number of carbonyl (C=O) groups is 1. The summed E-state index contributed by atoms with van der Waals surface area (Å²) in [7, 11) is 1.74. The van der Waals surface area contributed by atoms with Gasteiger partial charge >= 0.3 is 0 Å². The predicted octanol–water partition coefficient (Wildman–Crippen LogP) is 2.56. The second-order valence-corrected chi connectivity index (χ2v) is 6.19. The summed E-state index contributed by atoms with van der Waals surface area (Å²) in [6, 6.07) is 10.4. The van der Waals surface area contributed by atoms with Gasteiger partial charge in [-0.15, -0.1) is 24.0 Å². The largest absolute Gasteiger partial charge is 0.356 e. The molecule has 0 heterocycles. The molecule has 0 atom stereocenters. The van der Waals surface area contributed by atoms with E-state index in [1.807, 2.05) is 26.8 Å². The van der Waals surface area contributed by atoms with Gasteiger partial charge in [0, 0.05) is 26.7 Å². The molecule has 0 spiro atoms.